The molecular weight excluding hydrogens is 386 g/mol. The molecule has 1 fully saturated rings. The van der Waals surface area contributed by atoms with E-state index >= 15 is 0 Å². The summed E-state index contributed by atoms with van der Waals surface area (Å²) < 4.78 is 19.4. The molecule has 162 valence electrons. The molecule has 0 radical (unpaired) electrons. The molecule has 9 nitrogen and oxygen atoms in total. The van der Waals surface area contributed by atoms with Gasteiger partial charge in [0, 0.05) is 25.5 Å². The largest absolute Gasteiger partial charge is 0.376 e. The number of likely N-dealkylation sites (tertiary alicyclic amines) is 1. The Morgan fingerprint density at radius 2 is 2.13 bits per heavy atom. The van der Waals surface area contributed by atoms with Gasteiger partial charge in [-0.05, 0) is 38.8 Å². The number of amides is 1. The maximum atomic E-state index is 12.7. The van der Waals surface area contributed by atoms with Crippen molar-refractivity contribution >= 4 is 5.91 Å². The molecule has 0 saturated carbocycles. The molecule has 1 amide bonds. The van der Waals surface area contributed by atoms with Crippen LogP contribution in [-0.4, -0.2) is 68.8 Å². The van der Waals surface area contributed by atoms with Crippen molar-refractivity contribution in [3.05, 3.63) is 41.5 Å². The molecule has 30 heavy (non-hydrogen) atoms. The van der Waals surface area contributed by atoms with Crippen molar-refractivity contribution in [2.75, 3.05) is 26.3 Å². The van der Waals surface area contributed by atoms with E-state index in [0.29, 0.717) is 51.6 Å². The summed E-state index contributed by atoms with van der Waals surface area (Å²) in [7, 11) is 0. The second kappa shape index (κ2) is 9.20. The number of pyridine rings is 1. The molecule has 0 bridgehead atoms. The Balaban J connectivity index is 1.30. The van der Waals surface area contributed by atoms with Gasteiger partial charge < -0.3 is 19.1 Å². The summed E-state index contributed by atoms with van der Waals surface area (Å²) in [5.41, 5.74) is 2.12. The summed E-state index contributed by atoms with van der Waals surface area (Å²) in [5, 5.41) is 8.61. The number of ether oxygens (including phenoxy) is 3. The first-order chi connectivity index (χ1) is 14.6. The molecule has 0 unspecified atom stereocenters. The van der Waals surface area contributed by atoms with Gasteiger partial charge in [0.1, 0.15) is 5.69 Å². The smallest absolute Gasteiger partial charge is 0.255 e. The van der Waals surface area contributed by atoms with Crippen molar-refractivity contribution < 1.29 is 19.0 Å². The third-order valence-electron chi connectivity index (χ3n) is 5.66. The number of carbonyl (C=O) groups is 1. The highest BCUT2D eigenvalue weighted by Crippen LogP contribution is 2.34. The van der Waals surface area contributed by atoms with E-state index in [1.54, 1.807) is 24.5 Å². The Kier molecular flexibility index (Phi) is 6.40. The molecule has 0 N–H and O–H groups in total. The average molecular weight is 415 g/mol. The molecule has 2 aliphatic rings. The fourth-order valence-corrected chi connectivity index (χ4v) is 3.91. The van der Waals surface area contributed by atoms with Gasteiger partial charge >= 0.3 is 0 Å². The lowest BCUT2D eigenvalue weighted by atomic mass is 9.89. The zero-order valence-electron chi connectivity index (χ0n) is 17.6. The number of hydrogen-bond donors (Lipinski definition) is 0. The fraction of sp³-hybridized carbons (Fsp3) is 0.619. The Morgan fingerprint density at radius 3 is 2.87 bits per heavy atom. The van der Waals surface area contributed by atoms with Crippen molar-refractivity contribution in [3.63, 3.8) is 0 Å². The molecule has 4 heterocycles. The number of aromatic nitrogens is 4. The quantitative estimate of drug-likeness (QED) is 0.637. The zero-order chi connectivity index (χ0) is 21.0. The monoisotopic (exact) mass is 415 g/mol. The number of fused-ring (bicyclic) bond motifs is 1. The molecule has 0 aromatic carbocycles. The lowest BCUT2D eigenvalue weighted by molar-refractivity contribution is -0.120. The average Bonchev–Trinajstić information content (AvgIpc) is 3.15. The molecule has 1 saturated heterocycles. The van der Waals surface area contributed by atoms with E-state index in [2.05, 4.69) is 15.3 Å². The second-order valence-electron chi connectivity index (χ2n) is 8.12. The van der Waals surface area contributed by atoms with E-state index in [4.69, 9.17) is 14.2 Å². The predicted molar refractivity (Wildman–Crippen MR) is 108 cm³/mol. The minimum atomic E-state index is -0.296. The Labute approximate surface area is 176 Å². The first-order valence-corrected chi connectivity index (χ1v) is 10.5. The van der Waals surface area contributed by atoms with Gasteiger partial charge in [-0.2, -0.15) is 0 Å². The van der Waals surface area contributed by atoms with E-state index in [9.17, 15) is 4.79 Å². The molecule has 2 aromatic rings. The van der Waals surface area contributed by atoms with E-state index in [1.165, 1.54) is 0 Å². The highest BCUT2D eigenvalue weighted by molar-refractivity contribution is 5.93. The van der Waals surface area contributed by atoms with Gasteiger partial charge in [0.2, 0.25) is 0 Å². The fourth-order valence-electron chi connectivity index (χ4n) is 3.91. The van der Waals surface area contributed by atoms with Crippen LogP contribution < -0.4 is 0 Å². The van der Waals surface area contributed by atoms with E-state index < -0.39 is 0 Å². The van der Waals surface area contributed by atoms with Crippen LogP contribution in [0.15, 0.2) is 24.5 Å². The van der Waals surface area contributed by atoms with Crippen LogP contribution >= 0.6 is 0 Å². The zero-order valence-corrected chi connectivity index (χ0v) is 17.6. The van der Waals surface area contributed by atoms with Gasteiger partial charge in [0.15, 0.2) is 0 Å². The summed E-state index contributed by atoms with van der Waals surface area (Å²) in [6, 6.07) is 3.59. The maximum absolute atomic E-state index is 12.7. The van der Waals surface area contributed by atoms with Crippen molar-refractivity contribution in [1.29, 1.82) is 0 Å². The highest BCUT2D eigenvalue weighted by atomic mass is 16.5. The molecule has 2 aromatic heterocycles. The molecule has 4 rings (SSSR count). The van der Waals surface area contributed by atoms with Crippen molar-refractivity contribution in [2.24, 2.45) is 0 Å². The SMILES string of the molecule is CC(C)OCCOCc1nnn2c1COC1(CCN(C(=O)c3cccnc3)CC1)C2. The number of rotatable bonds is 7. The van der Waals surface area contributed by atoms with Gasteiger partial charge in [-0.15, -0.1) is 5.10 Å². The number of piperidine rings is 1. The first-order valence-electron chi connectivity index (χ1n) is 10.5. The number of carbonyl (C=O) groups excluding carboxylic acids is 1. The normalized spacial score (nSPS) is 18.0. The van der Waals surface area contributed by atoms with Crippen LogP contribution in [0.2, 0.25) is 0 Å². The lowest BCUT2D eigenvalue weighted by Crippen LogP contribution is -2.52. The van der Waals surface area contributed by atoms with Crippen LogP contribution in [0.25, 0.3) is 0 Å². The summed E-state index contributed by atoms with van der Waals surface area (Å²) in [4.78, 5) is 18.6. The van der Waals surface area contributed by atoms with Crippen LogP contribution in [0, 0.1) is 0 Å². The van der Waals surface area contributed by atoms with Crippen molar-refractivity contribution in [2.45, 2.75) is 58.2 Å². The summed E-state index contributed by atoms with van der Waals surface area (Å²) in [6.45, 7) is 7.93. The number of hydrogen-bond acceptors (Lipinski definition) is 7. The van der Waals surface area contributed by atoms with Crippen LogP contribution in [0.3, 0.4) is 0 Å². The van der Waals surface area contributed by atoms with Gasteiger partial charge in [-0.1, -0.05) is 5.21 Å². The molecule has 0 aliphatic carbocycles. The van der Waals surface area contributed by atoms with Gasteiger partial charge in [0.05, 0.1) is 55.9 Å². The van der Waals surface area contributed by atoms with E-state index in [-0.39, 0.29) is 17.6 Å². The third kappa shape index (κ3) is 4.69. The highest BCUT2D eigenvalue weighted by Gasteiger charge is 2.41. The van der Waals surface area contributed by atoms with Crippen LogP contribution in [0.5, 0.6) is 0 Å². The van der Waals surface area contributed by atoms with E-state index in [1.807, 2.05) is 23.4 Å². The van der Waals surface area contributed by atoms with Crippen LogP contribution in [0.1, 0.15) is 48.4 Å². The molecule has 9 heteroatoms. The minimum absolute atomic E-state index is 0.0242. The summed E-state index contributed by atoms with van der Waals surface area (Å²) >= 11 is 0. The van der Waals surface area contributed by atoms with Crippen molar-refractivity contribution in [1.82, 2.24) is 24.9 Å². The van der Waals surface area contributed by atoms with Crippen LogP contribution in [0.4, 0.5) is 0 Å². The van der Waals surface area contributed by atoms with Gasteiger partial charge in [-0.3, -0.25) is 9.78 Å². The number of nitrogens with zero attached hydrogens (tertiary/aromatic N) is 5. The van der Waals surface area contributed by atoms with Gasteiger partial charge in [0.25, 0.3) is 5.91 Å². The Hall–Kier alpha value is -2.36. The Morgan fingerprint density at radius 1 is 1.30 bits per heavy atom. The van der Waals surface area contributed by atoms with Crippen molar-refractivity contribution in [3.8, 4) is 0 Å². The predicted octanol–water partition coefficient (Wildman–Crippen LogP) is 1.82. The molecule has 2 aliphatic heterocycles. The summed E-state index contributed by atoms with van der Waals surface area (Å²) in [5.74, 6) is 0.0242. The lowest BCUT2D eigenvalue weighted by Gasteiger charge is -2.43. The van der Waals surface area contributed by atoms with E-state index in [0.717, 1.165) is 24.2 Å². The standard InChI is InChI=1S/C21H29N5O4/c1-16(2)29-11-10-28-13-18-19-14-30-21(15-26(19)24-23-18)5-8-25(9-6-21)20(27)17-4-3-7-22-12-17/h3-4,7,12,16H,5-6,8-11,13-15H2,1-2H3. The maximum Gasteiger partial charge on any atom is 0.255 e. The molecular formula is C21H29N5O4. The third-order valence-corrected chi connectivity index (χ3v) is 5.66. The minimum Gasteiger partial charge on any atom is -0.376 e. The molecule has 1 spiro atoms. The second-order valence-corrected chi connectivity index (χ2v) is 8.12. The van der Waals surface area contributed by atoms with Gasteiger partial charge in [-0.25, -0.2) is 4.68 Å². The Bertz CT molecular complexity index is 846. The first kappa shape index (κ1) is 20.9. The molecule has 0 atom stereocenters. The topological polar surface area (TPSA) is 91.6 Å². The summed E-state index contributed by atoms with van der Waals surface area (Å²) in [6.07, 6.45) is 5.04. The van der Waals surface area contributed by atoms with Crippen LogP contribution in [-0.2, 0) is 34.0 Å².